The molecule has 2 N–H and O–H groups in total. The molecule has 1 heterocycles. The second-order valence-electron chi connectivity index (χ2n) is 5.91. The van der Waals surface area contributed by atoms with Crippen LogP contribution in [-0.2, 0) is 0 Å². The van der Waals surface area contributed by atoms with E-state index in [1.807, 2.05) is 43.4 Å². The minimum atomic E-state index is -0.0864. The zero-order valence-corrected chi connectivity index (χ0v) is 13.2. The summed E-state index contributed by atoms with van der Waals surface area (Å²) in [5, 5.41) is 20.6. The van der Waals surface area contributed by atoms with Crippen LogP contribution in [0, 0.1) is 0 Å². The zero-order chi connectivity index (χ0) is 16.2. The molecular formula is C20H21NO2. The molecule has 3 heteroatoms. The van der Waals surface area contributed by atoms with E-state index in [2.05, 4.69) is 23.3 Å². The number of hydrogen-bond acceptors (Lipinski definition) is 3. The number of phenols is 2. The van der Waals surface area contributed by atoms with Crippen molar-refractivity contribution in [1.29, 1.82) is 0 Å². The molecule has 118 valence electrons. The van der Waals surface area contributed by atoms with Crippen molar-refractivity contribution in [3.8, 4) is 11.5 Å². The van der Waals surface area contributed by atoms with Gasteiger partial charge in [0.15, 0.2) is 0 Å². The van der Waals surface area contributed by atoms with Crippen LogP contribution in [0.25, 0.3) is 0 Å². The fourth-order valence-corrected chi connectivity index (χ4v) is 2.95. The number of para-hydroxylation sites is 2. The molecule has 1 aliphatic rings. The number of aromatic hydroxyl groups is 2. The smallest absolute Gasteiger partial charge is 0.119 e. The van der Waals surface area contributed by atoms with Crippen LogP contribution in [0.4, 0.5) is 0 Å². The first-order valence-corrected chi connectivity index (χ1v) is 7.78. The van der Waals surface area contributed by atoms with Crippen LogP contribution < -0.4 is 0 Å². The minimum absolute atomic E-state index is 0.0864. The second-order valence-corrected chi connectivity index (χ2v) is 5.91. The first-order valence-electron chi connectivity index (χ1n) is 7.78. The number of benzene rings is 2. The summed E-state index contributed by atoms with van der Waals surface area (Å²) in [5.41, 5.74) is 2.88. The third-order valence-corrected chi connectivity index (χ3v) is 4.25. The van der Waals surface area contributed by atoms with Crippen LogP contribution in [0.15, 0.2) is 72.5 Å². The Hall–Kier alpha value is -2.68. The zero-order valence-electron chi connectivity index (χ0n) is 13.2. The Balaban J connectivity index is 1.99. The summed E-state index contributed by atoms with van der Waals surface area (Å²) in [5.74, 6) is 0.438. The van der Waals surface area contributed by atoms with Crippen molar-refractivity contribution in [1.82, 2.24) is 4.90 Å². The van der Waals surface area contributed by atoms with Crippen molar-refractivity contribution in [3.05, 3.63) is 83.6 Å². The Morgan fingerprint density at radius 2 is 1.52 bits per heavy atom. The van der Waals surface area contributed by atoms with E-state index in [-0.39, 0.29) is 17.4 Å². The average molecular weight is 307 g/mol. The number of hydrogen-bond donors (Lipinski definition) is 2. The van der Waals surface area contributed by atoms with Gasteiger partial charge >= 0.3 is 0 Å². The SMILES string of the molecule is CN1C=CC(CC(c2ccccc2O)c2ccccc2O)=CC1. The van der Waals surface area contributed by atoms with Crippen LogP contribution in [0.3, 0.4) is 0 Å². The number of likely N-dealkylation sites (N-methyl/N-ethyl adjacent to an activating group) is 1. The van der Waals surface area contributed by atoms with E-state index >= 15 is 0 Å². The third-order valence-electron chi connectivity index (χ3n) is 4.25. The first kappa shape index (κ1) is 15.2. The Kier molecular flexibility index (Phi) is 4.38. The van der Waals surface area contributed by atoms with E-state index in [0.717, 1.165) is 24.1 Å². The summed E-state index contributed by atoms with van der Waals surface area (Å²) in [6, 6.07) is 14.7. The lowest BCUT2D eigenvalue weighted by Gasteiger charge is -2.23. The molecular weight excluding hydrogens is 286 g/mol. The van der Waals surface area contributed by atoms with Crippen LogP contribution in [0.1, 0.15) is 23.5 Å². The molecule has 0 bridgehead atoms. The van der Waals surface area contributed by atoms with Crippen molar-refractivity contribution >= 4 is 0 Å². The first-order chi connectivity index (χ1) is 11.1. The second kappa shape index (κ2) is 6.61. The topological polar surface area (TPSA) is 43.7 Å². The van der Waals surface area contributed by atoms with Crippen LogP contribution in [0.2, 0.25) is 0 Å². The summed E-state index contributed by atoms with van der Waals surface area (Å²) in [4.78, 5) is 2.11. The highest BCUT2D eigenvalue weighted by Crippen LogP contribution is 2.39. The summed E-state index contributed by atoms with van der Waals surface area (Å²) in [6.45, 7) is 0.875. The Morgan fingerprint density at radius 3 is 2.00 bits per heavy atom. The van der Waals surface area contributed by atoms with Gasteiger partial charge in [0.25, 0.3) is 0 Å². The largest absolute Gasteiger partial charge is 0.508 e. The molecule has 0 unspecified atom stereocenters. The van der Waals surface area contributed by atoms with E-state index in [1.165, 1.54) is 5.57 Å². The van der Waals surface area contributed by atoms with Gasteiger partial charge in [0, 0.05) is 30.6 Å². The van der Waals surface area contributed by atoms with Crippen molar-refractivity contribution in [2.24, 2.45) is 0 Å². The minimum Gasteiger partial charge on any atom is -0.508 e. The predicted molar refractivity (Wildman–Crippen MR) is 92.5 cm³/mol. The molecule has 0 atom stereocenters. The van der Waals surface area contributed by atoms with Gasteiger partial charge in [0.1, 0.15) is 11.5 Å². The van der Waals surface area contributed by atoms with Gasteiger partial charge in [-0.25, -0.2) is 0 Å². The molecule has 0 amide bonds. The molecule has 0 spiro atoms. The molecule has 2 aromatic carbocycles. The summed E-state index contributed by atoms with van der Waals surface area (Å²) in [7, 11) is 2.04. The van der Waals surface area contributed by atoms with Gasteiger partial charge in [-0.2, -0.15) is 0 Å². The average Bonchev–Trinajstić information content (AvgIpc) is 2.56. The summed E-state index contributed by atoms with van der Waals surface area (Å²) >= 11 is 0. The van der Waals surface area contributed by atoms with E-state index in [0.29, 0.717) is 0 Å². The van der Waals surface area contributed by atoms with Gasteiger partial charge in [-0.3, -0.25) is 0 Å². The quantitative estimate of drug-likeness (QED) is 0.897. The number of rotatable bonds is 4. The van der Waals surface area contributed by atoms with Gasteiger partial charge in [0.2, 0.25) is 0 Å². The molecule has 0 saturated carbocycles. The Labute approximate surface area is 136 Å². The molecule has 3 nitrogen and oxygen atoms in total. The lowest BCUT2D eigenvalue weighted by atomic mass is 9.84. The number of phenolic OH excluding ortho intramolecular Hbond substituents is 2. The molecule has 0 saturated heterocycles. The van der Waals surface area contributed by atoms with Gasteiger partial charge < -0.3 is 15.1 Å². The van der Waals surface area contributed by atoms with Crippen molar-refractivity contribution in [3.63, 3.8) is 0 Å². The molecule has 0 radical (unpaired) electrons. The summed E-state index contributed by atoms with van der Waals surface area (Å²) in [6.07, 6.45) is 7.07. The fourth-order valence-electron chi connectivity index (χ4n) is 2.95. The van der Waals surface area contributed by atoms with E-state index < -0.39 is 0 Å². The lowest BCUT2D eigenvalue weighted by molar-refractivity contribution is 0.453. The van der Waals surface area contributed by atoms with Crippen molar-refractivity contribution in [2.75, 3.05) is 13.6 Å². The molecule has 0 aliphatic carbocycles. The highest BCUT2D eigenvalue weighted by atomic mass is 16.3. The highest BCUT2D eigenvalue weighted by molar-refractivity contribution is 5.47. The fraction of sp³-hybridized carbons (Fsp3) is 0.200. The summed E-state index contributed by atoms with van der Waals surface area (Å²) < 4.78 is 0. The standard InChI is InChI=1S/C20H21NO2/c1-21-12-10-15(11-13-21)14-18(16-6-2-4-8-19(16)22)17-7-3-5-9-20(17)23/h2-12,18,22-23H,13-14H2,1H3. The molecule has 0 fully saturated rings. The van der Waals surface area contributed by atoms with Gasteiger partial charge in [-0.05, 0) is 36.4 Å². The van der Waals surface area contributed by atoms with Crippen LogP contribution >= 0.6 is 0 Å². The number of allylic oxidation sites excluding steroid dienone is 2. The third kappa shape index (κ3) is 3.39. The number of nitrogens with zero attached hydrogens (tertiary/aromatic N) is 1. The van der Waals surface area contributed by atoms with Crippen molar-refractivity contribution < 1.29 is 10.2 Å². The van der Waals surface area contributed by atoms with Crippen molar-refractivity contribution in [2.45, 2.75) is 12.3 Å². The Morgan fingerprint density at radius 1 is 0.957 bits per heavy atom. The molecule has 1 aliphatic heterocycles. The lowest BCUT2D eigenvalue weighted by Crippen LogP contribution is -2.14. The van der Waals surface area contributed by atoms with Crippen LogP contribution in [0.5, 0.6) is 11.5 Å². The maximum Gasteiger partial charge on any atom is 0.119 e. The molecule has 23 heavy (non-hydrogen) atoms. The van der Waals surface area contributed by atoms with E-state index in [4.69, 9.17) is 0 Å². The maximum atomic E-state index is 10.3. The van der Waals surface area contributed by atoms with Gasteiger partial charge in [-0.15, -0.1) is 0 Å². The monoisotopic (exact) mass is 307 g/mol. The molecule has 0 aromatic heterocycles. The molecule has 2 aromatic rings. The molecule has 3 rings (SSSR count). The maximum absolute atomic E-state index is 10.3. The van der Waals surface area contributed by atoms with E-state index in [9.17, 15) is 10.2 Å². The van der Waals surface area contributed by atoms with Crippen LogP contribution in [-0.4, -0.2) is 28.7 Å². The normalized spacial score (nSPS) is 14.2. The highest BCUT2D eigenvalue weighted by Gasteiger charge is 2.21. The van der Waals surface area contributed by atoms with Gasteiger partial charge in [0.05, 0.1) is 0 Å². The van der Waals surface area contributed by atoms with Gasteiger partial charge in [-0.1, -0.05) is 42.5 Å². The predicted octanol–water partition coefficient (Wildman–Crippen LogP) is 4.01. The van der Waals surface area contributed by atoms with E-state index in [1.54, 1.807) is 12.1 Å². The Bertz CT molecular complexity index is 703.